The van der Waals surface area contributed by atoms with Crippen molar-refractivity contribution in [2.75, 3.05) is 0 Å². The molecule has 0 bridgehead atoms. The Morgan fingerprint density at radius 1 is 0.312 bits per heavy atom. The van der Waals surface area contributed by atoms with Crippen LogP contribution in [0.3, 0.4) is 0 Å². The van der Waals surface area contributed by atoms with E-state index in [2.05, 4.69) is 103 Å². The van der Waals surface area contributed by atoms with Crippen molar-refractivity contribution in [2.45, 2.75) is 381 Å². The first kappa shape index (κ1) is 78.0. The average Bonchev–Trinajstić information content (AvgIpc) is 3.80. The minimum absolute atomic E-state index is 0. The van der Waals surface area contributed by atoms with Gasteiger partial charge in [0.25, 0.3) is 0 Å². The molecule has 1 aliphatic rings. The van der Waals surface area contributed by atoms with Crippen LogP contribution in [0.15, 0.2) is 60.2 Å². The molecule has 0 unspecified atom stereocenters. The van der Waals surface area contributed by atoms with Gasteiger partial charge in [0, 0.05) is 22.8 Å². The van der Waals surface area contributed by atoms with Crippen LogP contribution >= 0.6 is 0 Å². The largest absolute Gasteiger partial charge is 2.00 e. The summed E-state index contributed by atoms with van der Waals surface area (Å²) in [5, 5.41) is 0. The predicted molar refractivity (Wildman–Crippen MR) is 358 cm³/mol. The third kappa shape index (κ3) is 45.4. The van der Waals surface area contributed by atoms with Crippen molar-refractivity contribution in [3.05, 3.63) is 102 Å². The Labute approximate surface area is 512 Å². The van der Waals surface area contributed by atoms with Crippen LogP contribution in [0.25, 0.3) is 16.9 Å². The van der Waals surface area contributed by atoms with Gasteiger partial charge in [-0.3, -0.25) is 0 Å². The molecule has 0 spiro atoms. The summed E-state index contributed by atoms with van der Waals surface area (Å²) in [6.07, 6.45) is 77.3. The van der Waals surface area contributed by atoms with E-state index in [4.69, 9.17) is 0 Å². The standard InChI is InChI=1S/C29H38N2.2C24H49.Ni/c1-4-7-10-17-27-22-28(25-18-11-15-23(20-25)13-8-5-2)31(30)29(27)26-19-12-16-24(21-26)14-9-6-3;2*1-3-5-7-9-11-13-15-17-19-21-23-24-22-20-18-16-14-12-10-8-6-4-2;/h11-12,15-16,18-22H,4-10,13-14,17H2,1-3H3;2*1,3-24H2,2H3;/q;2*-1;+2. The van der Waals surface area contributed by atoms with Crippen LogP contribution in [-0.4, -0.2) is 4.70 Å². The van der Waals surface area contributed by atoms with E-state index in [1.54, 1.807) is 0 Å². The number of allylic oxidation sites excluding steroid dienone is 2. The Morgan fingerprint density at radius 2 is 0.575 bits per heavy atom. The van der Waals surface area contributed by atoms with Crippen molar-refractivity contribution < 1.29 is 21.2 Å². The van der Waals surface area contributed by atoms with Gasteiger partial charge in [0.05, 0.1) is 0 Å². The van der Waals surface area contributed by atoms with Gasteiger partial charge >= 0.3 is 16.5 Å². The molecule has 0 amide bonds. The Morgan fingerprint density at radius 3 is 0.875 bits per heavy atom. The molecule has 0 saturated heterocycles. The molecule has 1 heterocycles. The number of nitrogens with zero attached hydrogens (tertiary/aromatic N) is 2. The molecule has 0 radical (unpaired) electrons. The number of aryl methyl sites for hydroxylation is 2. The second-order valence-corrected chi connectivity index (χ2v) is 24.6. The fourth-order valence-electron chi connectivity index (χ4n) is 11.6. The summed E-state index contributed by atoms with van der Waals surface area (Å²) in [5.41, 5.74) is 19.3. The maximum absolute atomic E-state index is 11.3. The summed E-state index contributed by atoms with van der Waals surface area (Å²) in [6.45, 7) is 19.1. The van der Waals surface area contributed by atoms with Crippen LogP contribution in [0.4, 0.5) is 0 Å². The zero-order chi connectivity index (χ0) is 57.2. The Bertz CT molecular complexity index is 1580. The summed E-state index contributed by atoms with van der Waals surface area (Å²) < 4.78 is 1.44. The SMILES string of the molecule is CCCCCC1=C(c2cccc(CCCC)c2)[N+](=[N-])C(c2cccc(CCCC)c2)=C1.[CH2-]CCCCCCCCCCCCCCCCCCCCCCC.[CH2-]CCCCCCCCCCCCCCCCCCCCCCC.[Ni+2]. The summed E-state index contributed by atoms with van der Waals surface area (Å²) in [6, 6.07) is 17.4. The maximum atomic E-state index is 11.3. The van der Waals surface area contributed by atoms with E-state index < -0.39 is 0 Å². The Hall–Kier alpha value is -1.99. The minimum Gasteiger partial charge on any atom is -0.493 e. The van der Waals surface area contributed by atoms with Crippen molar-refractivity contribution in [1.29, 1.82) is 0 Å². The van der Waals surface area contributed by atoms with Crippen molar-refractivity contribution in [3.8, 4) is 0 Å². The van der Waals surface area contributed by atoms with Crippen molar-refractivity contribution >= 4 is 11.4 Å². The summed E-state index contributed by atoms with van der Waals surface area (Å²) in [5.74, 6) is 0. The predicted octanol–water partition coefficient (Wildman–Crippen LogP) is 27.6. The van der Waals surface area contributed by atoms with Crippen LogP contribution in [0, 0.1) is 13.8 Å². The molecule has 464 valence electrons. The van der Waals surface area contributed by atoms with Crippen molar-refractivity contribution in [3.63, 3.8) is 0 Å². The van der Waals surface area contributed by atoms with Gasteiger partial charge in [-0.2, -0.15) is 12.8 Å². The Kier molecular flexibility index (Phi) is 60.0. The van der Waals surface area contributed by atoms with E-state index in [9.17, 15) is 5.53 Å². The van der Waals surface area contributed by atoms with E-state index in [1.165, 1.54) is 330 Å². The number of benzene rings is 2. The molecule has 1 aliphatic heterocycles. The molecular formula is C77H136N2Ni. The van der Waals surface area contributed by atoms with E-state index in [1.807, 2.05) is 0 Å². The van der Waals surface area contributed by atoms with Gasteiger partial charge in [-0.15, -0.1) is 0 Å². The molecule has 0 fully saturated rings. The molecule has 0 saturated carbocycles. The second kappa shape index (κ2) is 61.6. The van der Waals surface area contributed by atoms with Crippen LogP contribution in [-0.2, 0) is 29.3 Å². The minimum atomic E-state index is 0. The van der Waals surface area contributed by atoms with Gasteiger partial charge in [0.15, 0.2) is 0 Å². The van der Waals surface area contributed by atoms with Gasteiger partial charge < -0.3 is 19.4 Å². The molecule has 2 aromatic rings. The van der Waals surface area contributed by atoms with Crippen molar-refractivity contribution in [2.24, 2.45) is 0 Å². The molecule has 0 aromatic heterocycles. The molecule has 0 N–H and O–H groups in total. The third-order valence-corrected chi connectivity index (χ3v) is 16.9. The first-order chi connectivity index (χ1) is 39.0. The quantitative estimate of drug-likeness (QED) is 0.0273. The third-order valence-electron chi connectivity index (χ3n) is 16.9. The molecule has 2 aromatic carbocycles. The number of hydrogen-bond acceptors (Lipinski definition) is 0. The van der Waals surface area contributed by atoms with E-state index in [0.717, 1.165) is 61.0 Å². The molecule has 80 heavy (non-hydrogen) atoms. The number of unbranched alkanes of at least 4 members (excludes halogenated alkanes) is 46. The van der Waals surface area contributed by atoms with E-state index in [0.29, 0.717) is 0 Å². The van der Waals surface area contributed by atoms with Gasteiger partial charge in [-0.1, -0.05) is 354 Å². The van der Waals surface area contributed by atoms with Crippen LogP contribution in [0.2, 0.25) is 0 Å². The van der Waals surface area contributed by atoms with Gasteiger partial charge in [0.1, 0.15) is 0 Å². The van der Waals surface area contributed by atoms with Gasteiger partial charge in [-0.05, 0) is 73.9 Å². The molecular weight excluding hydrogens is 1010 g/mol. The monoisotopic (exact) mass is 1150 g/mol. The van der Waals surface area contributed by atoms with E-state index in [-0.39, 0.29) is 16.5 Å². The molecule has 3 heteroatoms. The fourth-order valence-corrected chi connectivity index (χ4v) is 11.6. The first-order valence-electron chi connectivity index (χ1n) is 35.7. The second-order valence-electron chi connectivity index (χ2n) is 24.6. The zero-order valence-electron chi connectivity index (χ0n) is 54.5. The zero-order valence-corrected chi connectivity index (χ0v) is 55.5. The van der Waals surface area contributed by atoms with Crippen molar-refractivity contribution in [1.82, 2.24) is 0 Å². The number of rotatable bonds is 54. The summed E-state index contributed by atoms with van der Waals surface area (Å²) >= 11 is 0. The fraction of sp³-hybridized carbons (Fsp3) is 0.766. The smallest absolute Gasteiger partial charge is 0.493 e. The Balaban J connectivity index is 0.00000118. The first-order valence-corrected chi connectivity index (χ1v) is 35.7. The normalized spacial score (nSPS) is 12.1. The van der Waals surface area contributed by atoms with Crippen LogP contribution in [0.5, 0.6) is 0 Å². The summed E-state index contributed by atoms with van der Waals surface area (Å²) in [4.78, 5) is 0. The topological polar surface area (TPSA) is 25.3 Å². The van der Waals surface area contributed by atoms with Crippen LogP contribution in [0.1, 0.15) is 391 Å². The molecule has 2 nitrogen and oxygen atoms in total. The maximum Gasteiger partial charge on any atom is 2.00 e. The molecule has 3 rings (SSSR count). The molecule has 0 atom stereocenters. The van der Waals surface area contributed by atoms with Crippen LogP contribution < -0.4 is 0 Å². The number of hydrogen-bond donors (Lipinski definition) is 0. The average molecular weight is 1150 g/mol. The van der Waals surface area contributed by atoms with Gasteiger partial charge in [0.2, 0.25) is 11.4 Å². The van der Waals surface area contributed by atoms with E-state index >= 15 is 0 Å². The molecule has 0 aliphatic carbocycles. The summed E-state index contributed by atoms with van der Waals surface area (Å²) in [7, 11) is 0. The van der Waals surface area contributed by atoms with Gasteiger partial charge in [-0.25, -0.2) is 4.70 Å².